The molecule has 0 aromatic heterocycles. The van der Waals surface area contributed by atoms with Gasteiger partial charge in [-0.2, -0.15) is 0 Å². The van der Waals surface area contributed by atoms with Gasteiger partial charge in [0.2, 0.25) is 0 Å². The third kappa shape index (κ3) is 2.72. The van der Waals surface area contributed by atoms with Gasteiger partial charge in [-0.1, -0.05) is 17.7 Å². The number of benzene rings is 1. The van der Waals surface area contributed by atoms with Gasteiger partial charge in [0, 0.05) is 18.6 Å². The fourth-order valence-electron chi connectivity index (χ4n) is 3.59. The van der Waals surface area contributed by atoms with E-state index in [0.29, 0.717) is 12.0 Å². The van der Waals surface area contributed by atoms with E-state index in [2.05, 4.69) is 5.32 Å². The summed E-state index contributed by atoms with van der Waals surface area (Å²) in [7, 11) is 1.99. The van der Waals surface area contributed by atoms with E-state index in [1.54, 1.807) is 6.07 Å². The van der Waals surface area contributed by atoms with Crippen LogP contribution in [-0.2, 0) is 11.2 Å². The molecule has 1 heterocycles. The van der Waals surface area contributed by atoms with Crippen LogP contribution in [0.4, 0.5) is 4.39 Å². The highest BCUT2D eigenvalue weighted by Crippen LogP contribution is 2.49. The zero-order valence-electron chi connectivity index (χ0n) is 11.8. The molecule has 2 unspecified atom stereocenters. The van der Waals surface area contributed by atoms with Crippen molar-refractivity contribution in [2.75, 3.05) is 20.2 Å². The van der Waals surface area contributed by atoms with Crippen LogP contribution in [0, 0.1) is 17.2 Å². The summed E-state index contributed by atoms with van der Waals surface area (Å²) in [6.45, 7) is 1.76. The zero-order valence-corrected chi connectivity index (χ0v) is 12.5. The maximum absolute atomic E-state index is 13.3. The number of hydrogen-bond donors (Lipinski definition) is 1. The van der Waals surface area contributed by atoms with Crippen LogP contribution in [0.2, 0.25) is 5.02 Å². The Bertz CT molecular complexity index is 491. The standard InChI is InChI=1S/C16H21ClFNO/c1-19-10-16(6-7-20-15(16)12-3-4-12)9-11-2-5-14(18)13(17)8-11/h2,5,8,12,15,19H,3-4,6-7,9-10H2,1H3. The van der Waals surface area contributed by atoms with Crippen LogP contribution in [0.25, 0.3) is 0 Å². The molecule has 3 rings (SSSR count). The molecular formula is C16H21ClFNO. The van der Waals surface area contributed by atoms with Gasteiger partial charge in [-0.05, 0) is 56.3 Å². The molecule has 4 heteroatoms. The summed E-state index contributed by atoms with van der Waals surface area (Å²) in [5.41, 5.74) is 1.22. The van der Waals surface area contributed by atoms with Crippen molar-refractivity contribution < 1.29 is 9.13 Å². The maximum Gasteiger partial charge on any atom is 0.141 e. The predicted molar refractivity (Wildman–Crippen MR) is 78.6 cm³/mol. The molecule has 1 aromatic carbocycles. The molecule has 2 atom stereocenters. The van der Waals surface area contributed by atoms with Crippen LogP contribution < -0.4 is 5.32 Å². The summed E-state index contributed by atoms with van der Waals surface area (Å²) < 4.78 is 19.3. The van der Waals surface area contributed by atoms with Crippen molar-refractivity contribution in [3.63, 3.8) is 0 Å². The molecule has 1 aromatic rings. The Morgan fingerprint density at radius 1 is 1.45 bits per heavy atom. The van der Waals surface area contributed by atoms with Crippen LogP contribution >= 0.6 is 11.6 Å². The first-order chi connectivity index (χ1) is 9.64. The molecule has 2 nitrogen and oxygen atoms in total. The summed E-state index contributed by atoms with van der Waals surface area (Å²) in [5, 5.41) is 3.53. The Kier molecular flexibility index (Phi) is 4.02. The third-order valence-electron chi connectivity index (χ3n) is 4.62. The molecule has 0 radical (unpaired) electrons. The highest BCUT2D eigenvalue weighted by Gasteiger charge is 2.50. The van der Waals surface area contributed by atoms with E-state index in [0.717, 1.165) is 31.6 Å². The van der Waals surface area contributed by atoms with E-state index < -0.39 is 0 Å². The molecule has 1 saturated heterocycles. The number of ether oxygens (including phenoxy) is 1. The topological polar surface area (TPSA) is 21.3 Å². The largest absolute Gasteiger partial charge is 0.377 e. The van der Waals surface area contributed by atoms with Crippen LogP contribution in [0.15, 0.2) is 18.2 Å². The van der Waals surface area contributed by atoms with Crippen LogP contribution in [-0.4, -0.2) is 26.3 Å². The lowest BCUT2D eigenvalue weighted by atomic mass is 9.74. The summed E-state index contributed by atoms with van der Waals surface area (Å²) in [6, 6.07) is 5.07. The Labute approximate surface area is 124 Å². The molecule has 20 heavy (non-hydrogen) atoms. The summed E-state index contributed by atoms with van der Waals surface area (Å²) in [6.07, 6.45) is 4.85. The van der Waals surface area contributed by atoms with E-state index >= 15 is 0 Å². The lowest BCUT2D eigenvalue weighted by Crippen LogP contribution is -2.42. The summed E-state index contributed by atoms with van der Waals surface area (Å²) in [4.78, 5) is 0. The molecule has 2 fully saturated rings. The fraction of sp³-hybridized carbons (Fsp3) is 0.625. The second kappa shape index (κ2) is 5.63. The SMILES string of the molecule is CNCC1(Cc2ccc(F)c(Cl)c2)CCOC1C1CC1. The van der Waals surface area contributed by atoms with Crippen LogP contribution in [0.1, 0.15) is 24.8 Å². The Morgan fingerprint density at radius 3 is 2.90 bits per heavy atom. The van der Waals surface area contributed by atoms with Gasteiger partial charge in [0.15, 0.2) is 0 Å². The van der Waals surface area contributed by atoms with Crippen molar-refractivity contribution >= 4 is 11.6 Å². The maximum atomic E-state index is 13.3. The quantitative estimate of drug-likeness (QED) is 0.899. The highest BCUT2D eigenvalue weighted by atomic mass is 35.5. The first-order valence-corrected chi connectivity index (χ1v) is 7.72. The van der Waals surface area contributed by atoms with E-state index in [1.165, 1.54) is 18.9 Å². The van der Waals surface area contributed by atoms with E-state index in [9.17, 15) is 4.39 Å². The third-order valence-corrected chi connectivity index (χ3v) is 4.91. The molecule has 1 aliphatic carbocycles. The lowest BCUT2D eigenvalue weighted by Gasteiger charge is -2.34. The minimum absolute atomic E-state index is 0.122. The number of hydrogen-bond acceptors (Lipinski definition) is 2. The van der Waals surface area contributed by atoms with E-state index in [4.69, 9.17) is 16.3 Å². The molecule has 1 saturated carbocycles. The fourth-order valence-corrected chi connectivity index (χ4v) is 3.80. The second-order valence-electron chi connectivity index (χ2n) is 6.20. The summed E-state index contributed by atoms with van der Waals surface area (Å²) >= 11 is 5.91. The van der Waals surface area contributed by atoms with Gasteiger partial charge in [0.25, 0.3) is 0 Å². The number of rotatable bonds is 5. The minimum Gasteiger partial charge on any atom is -0.377 e. The van der Waals surface area contributed by atoms with E-state index in [-0.39, 0.29) is 16.3 Å². The van der Waals surface area contributed by atoms with Crippen molar-refractivity contribution in [3.8, 4) is 0 Å². The molecule has 0 amide bonds. The first kappa shape index (κ1) is 14.3. The minimum atomic E-state index is -0.348. The smallest absolute Gasteiger partial charge is 0.141 e. The Hall–Kier alpha value is -0.640. The molecule has 2 aliphatic rings. The van der Waals surface area contributed by atoms with Crippen molar-refractivity contribution in [1.82, 2.24) is 5.32 Å². The van der Waals surface area contributed by atoms with Gasteiger partial charge < -0.3 is 10.1 Å². The molecule has 1 N–H and O–H groups in total. The predicted octanol–water partition coefficient (Wildman–Crippen LogP) is 3.43. The van der Waals surface area contributed by atoms with Crippen molar-refractivity contribution in [2.45, 2.75) is 31.8 Å². The zero-order chi connectivity index (χ0) is 14.2. The monoisotopic (exact) mass is 297 g/mol. The number of halogens is 2. The van der Waals surface area contributed by atoms with Crippen molar-refractivity contribution in [1.29, 1.82) is 0 Å². The van der Waals surface area contributed by atoms with Gasteiger partial charge >= 0.3 is 0 Å². The second-order valence-corrected chi connectivity index (χ2v) is 6.60. The number of nitrogens with one attached hydrogen (secondary N) is 1. The van der Waals surface area contributed by atoms with Gasteiger partial charge in [-0.3, -0.25) is 0 Å². The molecule has 1 aliphatic heterocycles. The van der Waals surface area contributed by atoms with Gasteiger partial charge in [0.05, 0.1) is 11.1 Å². The van der Waals surface area contributed by atoms with Crippen LogP contribution in [0.3, 0.4) is 0 Å². The Morgan fingerprint density at radius 2 is 2.25 bits per heavy atom. The molecular weight excluding hydrogens is 277 g/mol. The first-order valence-electron chi connectivity index (χ1n) is 7.35. The summed E-state index contributed by atoms with van der Waals surface area (Å²) in [5.74, 6) is 0.362. The van der Waals surface area contributed by atoms with Crippen molar-refractivity contribution in [2.24, 2.45) is 11.3 Å². The normalized spacial score (nSPS) is 29.9. The average molecular weight is 298 g/mol. The highest BCUT2D eigenvalue weighted by molar-refractivity contribution is 6.30. The van der Waals surface area contributed by atoms with Gasteiger partial charge in [-0.25, -0.2) is 4.39 Å². The Balaban J connectivity index is 1.84. The lowest BCUT2D eigenvalue weighted by molar-refractivity contribution is 0.0314. The average Bonchev–Trinajstić information content (AvgIpc) is 3.17. The van der Waals surface area contributed by atoms with Gasteiger partial charge in [-0.15, -0.1) is 0 Å². The van der Waals surface area contributed by atoms with E-state index in [1.807, 2.05) is 13.1 Å². The molecule has 0 spiro atoms. The molecule has 0 bridgehead atoms. The van der Waals surface area contributed by atoms with Crippen molar-refractivity contribution in [3.05, 3.63) is 34.6 Å². The van der Waals surface area contributed by atoms with Gasteiger partial charge in [0.1, 0.15) is 5.82 Å². The molecule has 110 valence electrons. The van der Waals surface area contributed by atoms with Crippen LogP contribution in [0.5, 0.6) is 0 Å².